The predicted octanol–water partition coefficient (Wildman–Crippen LogP) is 4.19. The van der Waals surface area contributed by atoms with Crippen LogP contribution in [0.5, 0.6) is 0 Å². The maximum absolute atomic E-state index is 13.4. The molecular formula is C20H20F4N2O3S. The number of halogens is 4. The molecule has 1 amide bonds. The van der Waals surface area contributed by atoms with E-state index in [9.17, 15) is 30.8 Å². The third kappa shape index (κ3) is 4.81. The van der Waals surface area contributed by atoms with E-state index in [2.05, 4.69) is 5.32 Å². The molecule has 10 heteroatoms. The fraction of sp³-hybridized carbons (Fsp3) is 0.350. The van der Waals surface area contributed by atoms with Gasteiger partial charge in [0.2, 0.25) is 15.9 Å². The van der Waals surface area contributed by atoms with Crippen LogP contribution < -0.4 is 5.32 Å². The van der Waals surface area contributed by atoms with E-state index in [1.807, 2.05) is 0 Å². The minimum absolute atomic E-state index is 0.00119. The standard InChI is InChI=1S/C20H20F4N2O3S/c1-13-5-6-16(21)12-18(13)25-19(27)14-7-9-26(10-8-14)30(28,29)17-4-2-3-15(11-17)20(22,23)24/h2-6,11-12,14H,7-10H2,1H3,(H,25,27). The molecule has 1 heterocycles. The van der Waals surface area contributed by atoms with Gasteiger partial charge in [0.1, 0.15) is 5.82 Å². The molecule has 1 saturated heterocycles. The molecule has 1 N–H and O–H groups in total. The molecule has 0 spiro atoms. The number of carbonyl (C=O) groups excluding carboxylic acids is 1. The van der Waals surface area contributed by atoms with E-state index in [4.69, 9.17) is 0 Å². The molecule has 162 valence electrons. The number of carbonyl (C=O) groups is 1. The average molecular weight is 444 g/mol. The SMILES string of the molecule is Cc1ccc(F)cc1NC(=O)C1CCN(S(=O)(=O)c2cccc(C(F)(F)F)c2)CC1. The summed E-state index contributed by atoms with van der Waals surface area (Å²) in [6, 6.07) is 7.62. The fourth-order valence-corrected chi connectivity index (χ4v) is 4.82. The summed E-state index contributed by atoms with van der Waals surface area (Å²) in [4.78, 5) is 12.1. The Hall–Kier alpha value is -2.46. The maximum Gasteiger partial charge on any atom is 0.416 e. The third-order valence-corrected chi connectivity index (χ3v) is 6.98. The summed E-state index contributed by atoms with van der Waals surface area (Å²) in [6.07, 6.45) is -4.23. The highest BCUT2D eigenvalue weighted by atomic mass is 32.2. The van der Waals surface area contributed by atoms with Gasteiger partial charge in [0.05, 0.1) is 10.5 Å². The lowest BCUT2D eigenvalue weighted by atomic mass is 9.97. The zero-order valence-corrected chi connectivity index (χ0v) is 16.9. The lowest BCUT2D eigenvalue weighted by Crippen LogP contribution is -2.41. The Morgan fingerprint density at radius 1 is 1.10 bits per heavy atom. The van der Waals surface area contributed by atoms with Crippen molar-refractivity contribution in [2.24, 2.45) is 5.92 Å². The van der Waals surface area contributed by atoms with E-state index >= 15 is 0 Å². The van der Waals surface area contributed by atoms with Crippen LogP contribution in [0.4, 0.5) is 23.2 Å². The molecule has 1 aliphatic rings. The first-order valence-electron chi connectivity index (χ1n) is 9.23. The molecule has 30 heavy (non-hydrogen) atoms. The first-order valence-corrected chi connectivity index (χ1v) is 10.7. The highest BCUT2D eigenvalue weighted by Gasteiger charge is 2.35. The van der Waals surface area contributed by atoms with Crippen molar-refractivity contribution in [2.45, 2.75) is 30.8 Å². The van der Waals surface area contributed by atoms with Gasteiger partial charge in [-0.1, -0.05) is 12.1 Å². The lowest BCUT2D eigenvalue weighted by molar-refractivity contribution is -0.137. The highest BCUT2D eigenvalue weighted by molar-refractivity contribution is 7.89. The zero-order chi connectivity index (χ0) is 22.1. The van der Waals surface area contributed by atoms with Gasteiger partial charge in [0, 0.05) is 24.7 Å². The molecule has 0 aliphatic carbocycles. The van der Waals surface area contributed by atoms with E-state index in [0.29, 0.717) is 17.3 Å². The second-order valence-corrected chi connectivity index (χ2v) is 9.09. The van der Waals surface area contributed by atoms with Gasteiger partial charge in [-0.3, -0.25) is 4.79 Å². The van der Waals surface area contributed by atoms with Gasteiger partial charge in [-0.05, 0) is 55.7 Å². The van der Waals surface area contributed by atoms with Crippen molar-refractivity contribution in [3.63, 3.8) is 0 Å². The van der Waals surface area contributed by atoms with Gasteiger partial charge in [-0.2, -0.15) is 17.5 Å². The number of nitrogens with one attached hydrogen (secondary N) is 1. The molecule has 0 saturated carbocycles. The fourth-order valence-electron chi connectivity index (χ4n) is 3.30. The smallest absolute Gasteiger partial charge is 0.326 e. The average Bonchev–Trinajstić information content (AvgIpc) is 2.70. The van der Waals surface area contributed by atoms with Gasteiger partial charge in [0.15, 0.2) is 0 Å². The number of alkyl halides is 3. The first-order chi connectivity index (χ1) is 14.0. The Morgan fingerprint density at radius 3 is 2.40 bits per heavy atom. The number of anilines is 1. The first kappa shape index (κ1) is 22.2. The Kier molecular flexibility index (Phi) is 6.19. The molecule has 1 aliphatic heterocycles. The number of hydrogen-bond donors (Lipinski definition) is 1. The minimum atomic E-state index is -4.65. The zero-order valence-electron chi connectivity index (χ0n) is 16.0. The van der Waals surface area contributed by atoms with Crippen molar-refractivity contribution in [1.29, 1.82) is 0 Å². The largest absolute Gasteiger partial charge is 0.416 e. The molecule has 0 unspecified atom stereocenters. The number of piperidine rings is 1. The summed E-state index contributed by atoms with van der Waals surface area (Å²) >= 11 is 0. The number of nitrogens with zero attached hydrogens (tertiary/aromatic N) is 1. The van der Waals surface area contributed by atoms with Crippen molar-refractivity contribution < 1.29 is 30.8 Å². The van der Waals surface area contributed by atoms with E-state index in [-0.39, 0.29) is 31.8 Å². The molecule has 3 rings (SSSR count). The summed E-state index contributed by atoms with van der Waals surface area (Å²) in [6.45, 7) is 1.72. The Bertz CT molecular complexity index is 1050. The summed E-state index contributed by atoms with van der Waals surface area (Å²) in [5, 5.41) is 2.66. The molecule has 0 bridgehead atoms. The van der Waals surface area contributed by atoms with E-state index in [1.165, 1.54) is 18.2 Å². The number of sulfonamides is 1. The molecule has 1 fully saturated rings. The van der Waals surface area contributed by atoms with E-state index < -0.39 is 38.4 Å². The minimum Gasteiger partial charge on any atom is -0.326 e. The van der Waals surface area contributed by atoms with Gasteiger partial charge < -0.3 is 5.32 Å². The van der Waals surface area contributed by atoms with Crippen LogP contribution in [-0.4, -0.2) is 31.7 Å². The molecule has 0 radical (unpaired) electrons. The quantitative estimate of drug-likeness (QED) is 0.719. The Balaban J connectivity index is 1.67. The van der Waals surface area contributed by atoms with E-state index in [1.54, 1.807) is 6.92 Å². The number of hydrogen-bond acceptors (Lipinski definition) is 3. The van der Waals surface area contributed by atoms with Crippen molar-refractivity contribution in [1.82, 2.24) is 4.31 Å². The summed E-state index contributed by atoms with van der Waals surface area (Å²) in [5.41, 5.74) is -0.00312. The van der Waals surface area contributed by atoms with Crippen LogP contribution in [0.15, 0.2) is 47.4 Å². The van der Waals surface area contributed by atoms with Crippen LogP contribution in [0.3, 0.4) is 0 Å². The van der Waals surface area contributed by atoms with E-state index in [0.717, 1.165) is 22.5 Å². The topological polar surface area (TPSA) is 66.5 Å². The molecule has 2 aromatic carbocycles. The van der Waals surface area contributed by atoms with Crippen molar-refractivity contribution >= 4 is 21.6 Å². The lowest BCUT2D eigenvalue weighted by Gasteiger charge is -2.30. The van der Waals surface area contributed by atoms with Crippen LogP contribution >= 0.6 is 0 Å². The number of aryl methyl sites for hydroxylation is 1. The predicted molar refractivity (Wildman–Crippen MR) is 103 cm³/mol. The maximum atomic E-state index is 13.4. The molecule has 2 aromatic rings. The van der Waals surface area contributed by atoms with Gasteiger partial charge in [-0.15, -0.1) is 0 Å². The van der Waals surface area contributed by atoms with Crippen molar-refractivity contribution in [2.75, 3.05) is 18.4 Å². The normalized spacial score (nSPS) is 16.4. The third-order valence-electron chi connectivity index (χ3n) is 5.08. The molecule has 5 nitrogen and oxygen atoms in total. The van der Waals surface area contributed by atoms with Crippen molar-refractivity contribution in [3.05, 3.63) is 59.4 Å². The van der Waals surface area contributed by atoms with Crippen LogP contribution in [0.25, 0.3) is 0 Å². The summed E-state index contributed by atoms with van der Waals surface area (Å²) in [5.74, 6) is -1.32. The van der Waals surface area contributed by atoms with Gasteiger partial charge in [-0.25, -0.2) is 12.8 Å². The molecule has 0 atom stereocenters. The Morgan fingerprint density at radius 2 is 1.77 bits per heavy atom. The number of amides is 1. The second kappa shape index (κ2) is 8.35. The second-order valence-electron chi connectivity index (χ2n) is 7.15. The number of benzene rings is 2. The highest BCUT2D eigenvalue weighted by Crippen LogP contribution is 2.32. The monoisotopic (exact) mass is 444 g/mol. The molecule has 0 aromatic heterocycles. The van der Waals surface area contributed by atoms with Crippen molar-refractivity contribution in [3.8, 4) is 0 Å². The van der Waals surface area contributed by atoms with Crippen LogP contribution in [0.2, 0.25) is 0 Å². The molecular weight excluding hydrogens is 424 g/mol. The number of rotatable bonds is 4. The van der Waals surface area contributed by atoms with Gasteiger partial charge >= 0.3 is 6.18 Å². The van der Waals surface area contributed by atoms with Crippen LogP contribution in [-0.2, 0) is 21.0 Å². The Labute approximate surface area is 171 Å². The summed E-state index contributed by atoms with van der Waals surface area (Å²) < 4.78 is 78.6. The summed E-state index contributed by atoms with van der Waals surface area (Å²) in [7, 11) is -4.11. The van der Waals surface area contributed by atoms with Crippen LogP contribution in [0, 0.1) is 18.7 Å². The van der Waals surface area contributed by atoms with Gasteiger partial charge in [0.25, 0.3) is 0 Å². The van der Waals surface area contributed by atoms with Crippen LogP contribution in [0.1, 0.15) is 24.0 Å².